The molecule has 0 unspecified atom stereocenters. The lowest BCUT2D eigenvalue weighted by Gasteiger charge is -1.97. The topological polar surface area (TPSA) is 32.8 Å². The number of benzene rings is 1. The van der Waals surface area contributed by atoms with Crippen molar-refractivity contribution in [2.75, 3.05) is 6.61 Å². The minimum absolute atomic E-state index is 0.115. The molecule has 13 heavy (non-hydrogen) atoms. The number of hydrogen-bond acceptors (Lipinski definition) is 2. The van der Waals surface area contributed by atoms with Crippen LogP contribution in [0.2, 0.25) is 0 Å². The Hall–Kier alpha value is -0.860. The van der Waals surface area contributed by atoms with E-state index in [9.17, 15) is 0 Å². The maximum absolute atomic E-state index is 8.75. The van der Waals surface area contributed by atoms with Crippen LogP contribution in [0.1, 0.15) is 12.0 Å². The molecule has 1 aromatic carbocycles. The summed E-state index contributed by atoms with van der Waals surface area (Å²) in [6, 6.07) is 10.4. The molecule has 0 amide bonds. The molecule has 2 rings (SSSR count). The van der Waals surface area contributed by atoms with Gasteiger partial charge in [-0.1, -0.05) is 30.3 Å². The summed E-state index contributed by atoms with van der Waals surface area (Å²) < 4.78 is 5.24. The van der Waals surface area contributed by atoms with Crippen LogP contribution in [0.15, 0.2) is 30.3 Å². The molecule has 70 valence electrons. The largest absolute Gasteiger partial charge is 0.394 e. The molecular formula is C11H14O2. The Morgan fingerprint density at radius 1 is 1.15 bits per heavy atom. The molecule has 1 heterocycles. The molecule has 1 aromatic rings. The van der Waals surface area contributed by atoms with Crippen LogP contribution < -0.4 is 0 Å². The molecule has 1 aliphatic heterocycles. The zero-order valence-electron chi connectivity index (χ0n) is 7.52. The molecule has 0 radical (unpaired) electrons. The Kier molecular flexibility index (Phi) is 2.62. The van der Waals surface area contributed by atoms with Crippen LogP contribution in [-0.4, -0.2) is 23.9 Å². The van der Waals surface area contributed by atoms with Crippen LogP contribution in [0.5, 0.6) is 0 Å². The summed E-state index contributed by atoms with van der Waals surface area (Å²) in [7, 11) is 0. The van der Waals surface area contributed by atoms with Gasteiger partial charge in [0.25, 0.3) is 0 Å². The molecular weight excluding hydrogens is 164 g/mol. The van der Waals surface area contributed by atoms with Gasteiger partial charge in [0.1, 0.15) is 6.10 Å². The number of aliphatic hydroxyl groups excluding tert-OH is 1. The second-order valence-corrected chi connectivity index (χ2v) is 3.42. The molecule has 1 aliphatic rings. The Morgan fingerprint density at radius 2 is 1.92 bits per heavy atom. The lowest BCUT2D eigenvalue weighted by Crippen LogP contribution is -2.00. The fraction of sp³-hybridized carbons (Fsp3) is 0.455. The predicted molar refractivity (Wildman–Crippen MR) is 50.5 cm³/mol. The van der Waals surface area contributed by atoms with Crippen LogP contribution in [0, 0.1) is 0 Å². The maximum Gasteiger partial charge on any atom is 0.107 e. The first-order chi connectivity index (χ1) is 6.40. The number of epoxide rings is 1. The predicted octanol–water partition coefficient (Wildman–Crippen LogP) is 1.38. The molecule has 2 nitrogen and oxygen atoms in total. The highest BCUT2D eigenvalue weighted by Crippen LogP contribution is 2.25. The van der Waals surface area contributed by atoms with E-state index >= 15 is 0 Å². The monoisotopic (exact) mass is 178 g/mol. The van der Waals surface area contributed by atoms with E-state index in [2.05, 4.69) is 12.1 Å². The van der Waals surface area contributed by atoms with Crippen molar-refractivity contribution in [2.45, 2.75) is 25.0 Å². The smallest absolute Gasteiger partial charge is 0.107 e. The third kappa shape index (κ3) is 2.29. The van der Waals surface area contributed by atoms with E-state index in [1.54, 1.807) is 0 Å². The first-order valence-electron chi connectivity index (χ1n) is 4.70. The van der Waals surface area contributed by atoms with Crippen molar-refractivity contribution in [1.82, 2.24) is 0 Å². The van der Waals surface area contributed by atoms with Gasteiger partial charge in [0.2, 0.25) is 0 Å². The minimum atomic E-state index is 0.115. The number of hydrogen-bond donors (Lipinski definition) is 1. The Balaban J connectivity index is 1.75. The zero-order chi connectivity index (χ0) is 9.10. The van der Waals surface area contributed by atoms with Gasteiger partial charge in [0.05, 0.1) is 12.7 Å². The number of aliphatic hydroxyl groups is 1. The highest BCUT2D eigenvalue weighted by Gasteiger charge is 2.37. The van der Waals surface area contributed by atoms with Crippen LogP contribution in [0.4, 0.5) is 0 Å². The van der Waals surface area contributed by atoms with Crippen molar-refractivity contribution in [3.8, 4) is 0 Å². The summed E-state index contributed by atoms with van der Waals surface area (Å²) >= 11 is 0. The van der Waals surface area contributed by atoms with Gasteiger partial charge in [0.15, 0.2) is 0 Å². The Morgan fingerprint density at radius 3 is 2.54 bits per heavy atom. The van der Waals surface area contributed by atoms with Crippen molar-refractivity contribution >= 4 is 0 Å². The van der Waals surface area contributed by atoms with Gasteiger partial charge in [-0.3, -0.25) is 0 Å². The van der Waals surface area contributed by atoms with Crippen LogP contribution >= 0.6 is 0 Å². The lowest BCUT2D eigenvalue weighted by atomic mass is 10.1. The molecule has 1 N–H and O–H groups in total. The highest BCUT2D eigenvalue weighted by molar-refractivity contribution is 5.15. The number of rotatable bonds is 4. The average Bonchev–Trinajstić information content (AvgIpc) is 2.95. The van der Waals surface area contributed by atoms with Crippen LogP contribution in [0.25, 0.3) is 0 Å². The lowest BCUT2D eigenvalue weighted by molar-refractivity contribution is 0.241. The fourth-order valence-corrected chi connectivity index (χ4v) is 1.55. The number of ether oxygens (including phenoxy) is 1. The van der Waals surface area contributed by atoms with Gasteiger partial charge < -0.3 is 9.84 Å². The summed E-state index contributed by atoms with van der Waals surface area (Å²) in [5.41, 5.74) is 1.34. The van der Waals surface area contributed by atoms with Crippen molar-refractivity contribution in [3.05, 3.63) is 35.9 Å². The van der Waals surface area contributed by atoms with E-state index < -0.39 is 0 Å². The van der Waals surface area contributed by atoms with Crippen molar-refractivity contribution in [3.63, 3.8) is 0 Å². The van der Waals surface area contributed by atoms with Crippen LogP contribution in [-0.2, 0) is 11.2 Å². The summed E-state index contributed by atoms with van der Waals surface area (Å²) in [5.74, 6) is 0. The van der Waals surface area contributed by atoms with E-state index in [4.69, 9.17) is 9.84 Å². The highest BCUT2D eigenvalue weighted by atomic mass is 16.6. The summed E-state index contributed by atoms with van der Waals surface area (Å²) in [5, 5.41) is 8.75. The van der Waals surface area contributed by atoms with E-state index in [0.29, 0.717) is 6.10 Å². The molecule has 2 atom stereocenters. The quantitative estimate of drug-likeness (QED) is 0.706. The van der Waals surface area contributed by atoms with Crippen molar-refractivity contribution in [2.24, 2.45) is 0 Å². The Bertz CT molecular complexity index is 258. The first kappa shape index (κ1) is 8.73. The van der Waals surface area contributed by atoms with E-state index in [-0.39, 0.29) is 12.7 Å². The molecule has 0 spiro atoms. The molecule has 2 heteroatoms. The van der Waals surface area contributed by atoms with Crippen molar-refractivity contribution in [1.29, 1.82) is 0 Å². The molecule has 0 aromatic heterocycles. The van der Waals surface area contributed by atoms with Gasteiger partial charge in [-0.2, -0.15) is 0 Å². The van der Waals surface area contributed by atoms with Crippen molar-refractivity contribution < 1.29 is 9.84 Å². The first-order valence-corrected chi connectivity index (χ1v) is 4.70. The van der Waals surface area contributed by atoms with E-state index in [0.717, 1.165) is 12.8 Å². The third-order valence-electron chi connectivity index (χ3n) is 2.43. The molecule has 0 saturated carbocycles. The summed E-state index contributed by atoms with van der Waals surface area (Å²) in [6.45, 7) is 0.166. The van der Waals surface area contributed by atoms with Gasteiger partial charge in [0, 0.05) is 0 Å². The number of aryl methyl sites for hydroxylation is 1. The normalized spacial score (nSPS) is 25.9. The van der Waals surface area contributed by atoms with Gasteiger partial charge in [-0.25, -0.2) is 0 Å². The zero-order valence-corrected chi connectivity index (χ0v) is 7.52. The second kappa shape index (κ2) is 3.90. The summed E-state index contributed by atoms with van der Waals surface area (Å²) in [6.07, 6.45) is 2.48. The molecule has 1 fully saturated rings. The maximum atomic E-state index is 8.75. The third-order valence-corrected chi connectivity index (χ3v) is 2.43. The SMILES string of the molecule is OC[C@H]1O[C@@H]1CCc1ccccc1. The summed E-state index contributed by atoms with van der Waals surface area (Å²) in [4.78, 5) is 0. The molecule has 1 saturated heterocycles. The van der Waals surface area contributed by atoms with E-state index in [1.165, 1.54) is 5.56 Å². The minimum Gasteiger partial charge on any atom is -0.394 e. The second-order valence-electron chi connectivity index (χ2n) is 3.42. The van der Waals surface area contributed by atoms with Gasteiger partial charge in [-0.15, -0.1) is 0 Å². The molecule has 0 aliphatic carbocycles. The molecule has 0 bridgehead atoms. The van der Waals surface area contributed by atoms with Crippen LogP contribution in [0.3, 0.4) is 0 Å². The van der Waals surface area contributed by atoms with E-state index in [1.807, 2.05) is 18.2 Å². The standard InChI is InChI=1S/C11H14O2/c12-8-11-10(13-11)7-6-9-4-2-1-3-5-9/h1-5,10-12H,6-8H2/t10-,11-/m1/s1. The Labute approximate surface area is 78.2 Å². The fourth-order valence-electron chi connectivity index (χ4n) is 1.55. The van der Waals surface area contributed by atoms with Gasteiger partial charge in [-0.05, 0) is 18.4 Å². The van der Waals surface area contributed by atoms with Gasteiger partial charge >= 0.3 is 0 Å². The average molecular weight is 178 g/mol.